The summed E-state index contributed by atoms with van der Waals surface area (Å²) in [5, 5.41) is -0.0814. The predicted octanol–water partition coefficient (Wildman–Crippen LogP) is 0.368. The molecule has 106 valence electrons. The van der Waals surface area contributed by atoms with Crippen LogP contribution in [0, 0.1) is 0 Å². The van der Waals surface area contributed by atoms with Crippen LogP contribution in [0.5, 0.6) is 0 Å². The van der Waals surface area contributed by atoms with E-state index in [1.54, 1.807) is 0 Å². The highest BCUT2D eigenvalue weighted by atomic mass is 35.5. The molecule has 0 bridgehead atoms. The highest BCUT2D eigenvalue weighted by Crippen LogP contribution is 2.20. The summed E-state index contributed by atoms with van der Waals surface area (Å²) in [7, 11) is -2.43. The molecule has 20 heavy (non-hydrogen) atoms. The number of sulfonamides is 1. The maximum absolute atomic E-state index is 12.1. The molecule has 0 spiro atoms. The number of anilines is 1. The van der Waals surface area contributed by atoms with Crippen molar-refractivity contribution in [3.63, 3.8) is 0 Å². The van der Waals surface area contributed by atoms with Gasteiger partial charge in [0.25, 0.3) is 15.9 Å². The van der Waals surface area contributed by atoms with Gasteiger partial charge in [0, 0.05) is 25.6 Å². The van der Waals surface area contributed by atoms with Gasteiger partial charge in [0.1, 0.15) is 10.6 Å². The zero-order chi connectivity index (χ0) is 14.9. The maximum Gasteiger partial charge on any atom is 0.265 e. The Labute approximate surface area is 119 Å². The van der Waals surface area contributed by atoms with E-state index in [2.05, 4.69) is 14.7 Å². The Bertz CT molecular complexity index is 771. The zero-order valence-corrected chi connectivity index (χ0v) is 11.8. The van der Waals surface area contributed by atoms with Crippen LogP contribution in [0.1, 0.15) is 10.5 Å². The Balaban J connectivity index is 2.39. The molecular formula is C10H10ClN5O3S. The Hall–Kier alpha value is -2.13. The Morgan fingerprint density at radius 1 is 1.40 bits per heavy atom. The molecule has 2 aromatic heterocycles. The van der Waals surface area contributed by atoms with Crippen LogP contribution in [0.25, 0.3) is 0 Å². The molecule has 0 aliphatic carbocycles. The summed E-state index contributed by atoms with van der Waals surface area (Å²) in [6, 6.07) is 1.16. The van der Waals surface area contributed by atoms with Crippen LogP contribution in [-0.4, -0.2) is 28.9 Å². The largest absolute Gasteiger partial charge is 0.364 e. The van der Waals surface area contributed by atoms with Crippen molar-refractivity contribution in [1.29, 1.82) is 0 Å². The topological polar surface area (TPSA) is 120 Å². The van der Waals surface area contributed by atoms with Crippen molar-refractivity contribution in [3.05, 3.63) is 35.5 Å². The number of carbonyl (C=O) groups is 1. The molecule has 0 atom stereocenters. The molecule has 2 aromatic rings. The zero-order valence-electron chi connectivity index (χ0n) is 10.2. The number of aromatic nitrogens is 3. The standard InChI is InChI=1S/C10H10ClN5O3S/c1-16-5-6(4-7(16)9(12)17)20(18,19)15-10-8(11)13-2-3-14-10/h2-5H,1H3,(H2,12,17)(H,14,15). The summed E-state index contributed by atoms with van der Waals surface area (Å²) in [6.07, 6.45) is 3.88. The lowest BCUT2D eigenvalue weighted by Crippen LogP contribution is -2.15. The fourth-order valence-corrected chi connectivity index (χ4v) is 2.80. The minimum absolute atomic E-state index is 0.0654. The summed E-state index contributed by atoms with van der Waals surface area (Å²) in [4.78, 5) is 18.5. The van der Waals surface area contributed by atoms with E-state index in [-0.39, 0.29) is 21.6 Å². The first-order chi connectivity index (χ1) is 9.31. The number of aryl methyl sites for hydroxylation is 1. The first-order valence-corrected chi connectivity index (χ1v) is 7.13. The Kier molecular flexibility index (Phi) is 3.64. The molecule has 0 saturated carbocycles. The second kappa shape index (κ2) is 5.10. The van der Waals surface area contributed by atoms with Gasteiger partial charge in [-0.05, 0) is 6.07 Å². The molecule has 0 aliphatic heterocycles. The molecule has 10 heteroatoms. The van der Waals surface area contributed by atoms with Gasteiger partial charge < -0.3 is 10.3 Å². The third-order valence-electron chi connectivity index (χ3n) is 2.43. The van der Waals surface area contributed by atoms with E-state index in [0.717, 1.165) is 6.07 Å². The number of carbonyl (C=O) groups excluding carboxylic acids is 1. The molecule has 0 radical (unpaired) electrons. The van der Waals surface area contributed by atoms with Crippen molar-refractivity contribution in [1.82, 2.24) is 14.5 Å². The second-order valence-electron chi connectivity index (χ2n) is 3.84. The minimum atomic E-state index is -3.94. The van der Waals surface area contributed by atoms with Gasteiger partial charge in [0.15, 0.2) is 11.0 Å². The van der Waals surface area contributed by atoms with Gasteiger partial charge in [-0.25, -0.2) is 18.4 Å². The summed E-state index contributed by atoms with van der Waals surface area (Å²) >= 11 is 5.72. The quantitative estimate of drug-likeness (QED) is 0.844. The van der Waals surface area contributed by atoms with E-state index < -0.39 is 15.9 Å². The van der Waals surface area contributed by atoms with E-state index >= 15 is 0 Å². The summed E-state index contributed by atoms with van der Waals surface area (Å²) in [6.45, 7) is 0. The molecule has 2 rings (SSSR count). The number of amides is 1. The van der Waals surface area contributed by atoms with Crippen molar-refractivity contribution < 1.29 is 13.2 Å². The Morgan fingerprint density at radius 3 is 2.60 bits per heavy atom. The van der Waals surface area contributed by atoms with Gasteiger partial charge in [-0.2, -0.15) is 0 Å². The molecule has 2 heterocycles. The van der Waals surface area contributed by atoms with Crippen LogP contribution >= 0.6 is 11.6 Å². The average molecular weight is 316 g/mol. The lowest BCUT2D eigenvalue weighted by Gasteiger charge is -2.05. The second-order valence-corrected chi connectivity index (χ2v) is 5.88. The van der Waals surface area contributed by atoms with Crippen LogP contribution < -0.4 is 10.5 Å². The number of primary amides is 1. The van der Waals surface area contributed by atoms with E-state index in [4.69, 9.17) is 17.3 Å². The van der Waals surface area contributed by atoms with Crippen LogP contribution in [0.4, 0.5) is 5.82 Å². The van der Waals surface area contributed by atoms with Crippen molar-refractivity contribution >= 4 is 33.3 Å². The van der Waals surface area contributed by atoms with E-state index in [1.165, 1.54) is 30.2 Å². The van der Waals surface area contributed by atoms with Gasteiger partial charge in [0.2, 0.25) is 0 Å². The van der Waals surface area contributed by atoms with E-state index in [1.807, 2.05) is 0 Å². The minimum Gasteiger partial charge on any atom is -0.364 e. The van der Waals surface area contributed by atoms with Gasteiger partial charge in [-0.15, -0.1) is 0 Å². The van der Waals surface area contributed by atoms with Crippen molar-refractivity contribution in [2.45, 2.75) is 4.90 Å². The van der Waals surface area contributed by atoms with Crippen LogP contribution in [0.3, 0.4) is 0 Å². The highest BCUT2D eigenvalue weighted by molar-refractivity contribution is 7.92. The van der Waals surface area contributed by atoms with Crippen LogP contribution in [0.15, 0.2) is 29.6 Å². The molecular weight excluding hydrogens is 306 g/mol. The van der Waals surface area contributed by atoms with E-state index in [9.17, 15) is 13.2 Å². The molecule has 0 aromatic carbocycles. The third-order valence-corrected chi connectivity index (χ3v) is 4.01. The number of nitrogens with two attached hydrogens (primary N) is 1. The number of halogens is 1. The van der Waals surface area contributed by atoms with Gasteiger partial charge >= 0.3 is 0 Å². The fourth-order valence-electron chi connectivity index (χ4n) is 1.50. The molecule has 1 amide bonds. The maximum atomic E-state index is 12.1. The number of hydrogen-bond donors (Lipinski definition) is 2. The number of nitrogens with one attached hydrogen (secondary N) is 1. The van der Waals surface area contributed by atoms with Crippen molar-refractivity contribution in [2.24, 2.45) is 12.8 Å². The van der Waals surface area contributed by atoms with Gasteiger partial charge in [0.05, 0.1) is 0 Å². The highest BCUT2D eigenvalue weighted by Gasteiger charge is 2.21. The molecule has 0 unspecified atom stereocenters. The third kappa shape index (κ3) is 2.73. The molecule has 8 nitrogen and oxygen atoms in total. The average Bonchev–Trinajstić information content (AvgIpc) is 2.75. The smallest absolute Gasteiger partial charge is 0.265 e. The summed E-state index contributed by atoms with van der Waals surface area (Å²) in [5.41, 5.74) is 5.19. The molecule has 3 N–H and O–H groups in total. The predicted molar refractivity (Wildman–Crippen MR) is 71.8 cm³/mol. The monoisotopic (exact) mass is 315 g/mol. The van der Waals surface area contributed by atoms with E-state index in [0.29, 0.717) is 0 Å². The molecule has 0 saturated heterocycles. The molecule has 0 aliphatic rings. The number of hydrogen-bond acceptors (Lipinski definition) is 5. The lowest BCUT2D eigenvalue weighted by atomic mass is 10.4. The van der Waals surface area contributed by atoms with Crippen LogP contribution in [-0.2, 0) is 17.1 Å². The molecule has 0 fully saturated rings. The van der Waals surface area contributed by atoms with Gasteiger partial charge in [-0.1, -0.05) is 11.6 Å². The Morgan fingerprint density at radius 2 is 2.05 bits per heavy atom. The summed E-state index contributed by atoms with van der Waals surface area (Å²) in [5.74, 6) is -0.829. The number of rotatable bonds is 4. The normalized spacial score (nSPS) is 11.3. The lowest BCUT2D eigenvalue weighted by molar-refractivity contribution is 0.0992. The van der Waals surface area contributed by atoms with Gasteiger partial charge in [-0.3, -0.25) is 9.52 Å². The van der Waals surface area contributed by atoms with Crippen LogP contribution in [0.2, 0.25) is 5.15 Å². The van der Waals surface area contributed by atoms with Crippen molar-refractivity contribution in [2.75, 3.05) is 4.72 Å². The first kappa shape index (κ1) is 14.3. The summed E-state index contributed by atoms with van der Waals surface area (Å²) < 4.78 is 27.8. The first-order valence-electron chi connectivity index (χ1n) is 5.27. The number of nitrogens with zero attached hydrogens (tertiary/aromatic N) is 3. The van der Waals surface area contributed by atoms with Crippen molar-refractivity contribution in [3.8, 4) is 0 Å². The fraction of sp³-hybridized carbons (Fsp3) is 0.100. The SMILES string of the molecule is Cn1cc(S(=O)(=O)Nc2nccnc2Cl)cc1C(N)=O.